The van der Waals surface area contributed by atoms with E-state index in [-0.39, 0.29) is 11.8 Å². The monoisotopic (exact) mass is 351 g/mol. The van der Waals surface area contributed by atoms with Gasteiger partial charge in [0.2, 0.25) is 5.91 Å². The lowest BCUT2D eigenvalue weighted by Crippen LogP contribution is -2.51. The van der Waals surface area contributed by atoms with Gasteiger partial charge in [-0.1, -0.05) is 34.1 Å². The zero-order valence-corrected chi connectivity index (χ0v) is 13.3. The van der Waals surface area contributed by atoms with Crippen molar-refractivity contribution in [3.05, 3.63) is 34.3 Å². The minimum absolute atomic E-state index is 0.160. The topological polar surface area (TPSA) is 57.6 Å². The Balaban J connectivity index is 1.42. The van der Waals surface area contributed by atoms with E-state index >= 15 is 0 Å². The molecule has 2 atom stereocenters. The van der Waals surface area contributed by atoms with Crippen LogP contribution in [0, 0.1) is 17.8 Å². The van der Waals surface area contributed by atoms with Crippen molar-refractivity contribution in [1.82, 2.24) is 4.90 Å². The first-order valence-electron chi connectivity index (χ1n) is 7.30. The van der Waals surface area contributed by atoms with Gasteiger partial charge in [0, 0.05) is 24.0 Å². The van der Waals surface area contributed by atoms with E-state index in [0.717, 1.165) is 36.0 Å². The smallest absolute Gasteiger partial charge is 0.306 e. The van der Waals surface area contributed by atoms with Crippen molar-refractivity contribution >= 4 is 27.8 Å². The predicted molar refractivity (Wildman–Crippen MR) is 81.8 cm³/mol. The van der Waals surface area contributed by atoms with E-state index in [1.165, 1.54) is 0 Å². The average Bonchev–Trinajstić information content (AvgIpc) is 3.16. The molecule has 1 amide bonds. The maximum Gasteiger partial charge on any atom is 0.306 e. The number of halogens is 1. The summed E-state index contributed by atoms with van der Waals surface area (Å²) in [6.45, 7) is 1.48. The van der Waals surface area contributed by atoms with E-state index in [9.17, 15) is 9.59 Å². The van der Waals surface area contributed by atoms with Gasteiger partial charge >= 0.3 is 5.97 Å². The number of nitrogens with zero attached hydrogens (tertiary/aromatic N) is 1. The van der Waals surface area contributed by atoms with Gasteiger partial charge in [-0.25, -0.2) is 0 Å². The number of rotatable bonds is 5. The summed E-state index contributed by atoms with van der Waals surface area (Å²) in [6.07, 6.45) is 2.05. The molecule has 21 heavy (non-hydrogen) atoms. The Morgan fingerprint density at radius 2 is 2.00 bits per heavy atom. The fourth-order valence-corrected chi connectivity index (χ4v) is 3.59. The molecule has 5 heteroatoms. The highest BCUT2D eigenvalue weighted by Crippen LogP contribution is 2.47. The van der Waals surface area contributed by atoms with E-state index in [1.807, 2.05) is 29.2 Å². The summed E-state index contributed by atoms with van der Waals surface area (Å²) >= 11 is 3.49. The third kappa shape index (κ3) is 3.12. The Kier molecular flexibility index (Phi) is 4.02. The van der Waals surface area contributed by atoms with Crippen molar-refractivity contribution in [2.75, 3.05) is 13.1 Å². The number of carboxylic acid groups (broad SMARTS) is 1. The van der Waals surface area contributed by atoms with Crippen LogP contribution in [0.1, 0.15) is 18.4 Å². The summed E-state index contributed by atoms with van der Waals surface area (Å²) in [7, 11) is 0. The molecule has 1 aromatic carbocycles. The van der Waals surface area contributed by atoms with Gasteiger partial charge in [0.05, 0.1) is 5.92 Å². The molecule has 1 heterocycles. The molecule has 2 fully saturated rings. The van der Waals surface area contributed by atoms with Crippen LogP contribution in [0.3, 0.4) is 0 Å². The predicted octanol–water partition coefficient (Wildman–Crippen LogP) is 2.56. The normalized spacial score (nSPS) is 24.5. The molecule has 2 aliphatic rings. The zero-order chi connectivity index (χ0) is 15.0. The van der Waals surface area contributed by atoms with Crippen molar-refractivity contribution in [1.29, 1.82) is 0 Å². The number of hydrogen-bond donors (Lipinski definition) is 1. The molecule has 4 nitrogen and oxygen atoms in total. The lowest BCUT2D eigenvalue weighted by atomic mass is 9.92. The number of amides is 1. The second-order valence-corrected chi connectivity index (χ2v) is 6.85. The maximum absolute atomic E-state index is 12.1. The van der Waals surface area contributed by atoms with Crippen molar-refractivity contribution in [3.63, 3.8) is 0 Å². The van der Waals surface area contributed by atoms with E-state index in [0.29, 0.717) is 18.3 Å². The highest BCUT2D eigenvalue weighted by atomic mass is 79.9. The molecule has 0 aromatic heterocycles. The molecule has 0 unspecified atom stereocenters. The van der Waals surface area contributed by atoms with Crippen molar-refractivity contribution in [2.45, 2.75) is 19.3 Å². The van der Waals surface area contributed by atoms with Crippen LogP contribution < -0.4 is 0 Å². The van der Waals surface area contributed by atoms with Crippen LogP contribution in [0.5, 0.6) is 0 Å². The SMILES string of the molecule is O=C(O)[C@@H]1C[C@H]1C1CN(C(=O)CCc2ccccc2Br)C1. The van der Waals surface area contributed by atoms with Gasteiger partial charge in [0.25, 0.3) is 0 Å². The van der Waals surface area contributed by atoms with E-state index < -0.39 is 5.97 Å². The van der Waals surface area contributed by atoms with Crippen molar-refractivity contribution < 1.29 is 14.7 Å². The maximum atomic E-state index is 12.1. The quantitative estimate of drug-likeness (QED) is 0.886. The molecule has 0 radical (unpaired) electrons. The summed E-state index contributed by atoms with van der Waals surface area (Å²) in [5.74, 6) is 0.0362. The second-order valence-electron chi connectivity index (χ2n) is 5.99. The summed E-state index contributed by atoms with van der Waals surface area (Å²) in [4.78, 5) is 24.8. The van der Waals surface area contributed by atoms with Gasteiger partial charge < -0.3 is 10.0 Å². The minimum atomic E-state index is -0.682. The van der Waals surface area contributed by atoms with Gasteiger partial charge in [0.15, 0.2) is 0 Å². The lowest BCUT2D eigenvalue weighted by Gasteiger charge is -2.40. The number of benzene rings is 1. The van der Waals surface area contributed by atoms with Gasteiger partial charge in [-0.2, -0.15) is 0 Å². The standard InChI is InChI=1S/C16H18BrNO3/c17-14-4-2-1-3-10(14)5-6-15(19)18-8-11(9-18)12-7-13(12)16(20)21/h1-4,11-13H,5-9H2,(H,20,21)/t12-,13+/m0/s1. The van der Waals surface area contributed by atoms with Crippen LogP contribution in [0.2, 0.25) is 0 Å². The van der Waals surface area contributed by atoms with Gasteiger partial charge in [-0.15, -0.1) is 0 Å². The molecule has 1 aromatic rings. The number of carbonyl (C=O) groups excluding carboxylic acids is 1. The molecule has 3 rings (SSSR count). The number of aliphatic carboxylic acids is 1. The van der Waals surface area contributed by atoms with Crippen molar-refractivity contribution in [2.24, 2.45) is 17.8 Å². The summed E-state index contributed by atoms with van der Waals surface area (Å²) in [6, 6.07) is 7.95. The Hall–Kier alpha value is -1.36. The lowest BCUT2D eigenvalue weighted by molar-refractivity contribution is -0.140. The molecule has 1 saturated heterocycles. The highest BCUT2D eigenvalue weighted by molar-refractivity contribution is 9.10. The van der Waals surface area contributed by atoms with Crippen molar-refractivity contribution in [3.8, 4) is 0 Å². The fourth-order valence-electron chi connectivity index (χ4n) is 3.11. The third-order valence-electron chi connectivity index (χ3n) is 4.59. The highest BCUT2D eigenvalue weighted by Gasteiger charge is 2.51. The molecule has 0 bridgehead atoms. The fraction of sp³-hybridized carbons (Fsp3) is 0.500. The largest absolute Gasteiger partial charge is 0.481 e. The first-order chi connectivity index (χ1) is 10.1. The van der Waals surface area contributed by atoms with Crippen LogP contribution in [0.4, 0.5) is 0 Å². The second kappa shape index (κ2) is 5.79. The molecule has 112 valence electrons. The van der Waals surface area contributed by atoms with E-state index in [1.54, 1.807) is 0 Å². The Bertz CT molecular complexity index is 568. The van der Waals surface area contributed by atoms with Crippen LogP contribution >= 0.6 is 15.9 Å². The van der Waals surface area contributed by atoms with E-state index in [2.05, 4.69) is 15.9 Å². The molecule has 1 aliphatic carbocycles. The van der Waals surface area contributed by atoms with Crippen LogP contribution in [0.25, 0.3) is 0 Å². The first-order valence-corrected chi connectivity index (χ1v) is 8.09. The molecule has 1 saturated carbocycles. The first kappa shape index (κ1) is 14.6. The Labute approximate surface area is 132 Å². The van der Waals surface area contributed by atoms with Gasteiger partial charge in [-0.3, -0.25) is 9.59 Å². The summed E-state index contributed by atoms with van der Waals surface area (Å²) < 4.78 is 1.04. The number of aryl methyl sites for hydroxylation is 1. The summed E-state index contributed by atoms with van der Waals surface area (Å²) in [5, 5.41) is 8.92. The molecule has 1 N–H and O–H groups in total. The Morgan fingerprint density at radius 3 is 2.62 bits per heavy atom. The third-order valence-corrected chi connectivity index (χ3v) is 5.36. The van der Waals surface area contributed by atoms with Crippen LogP contribution in [0.15, 0.2) is 28.7 Å². The van der Waals surface area contributed by atoms with Crippen LogP contribution in [-0.2, 0) is 16.0 Å². The van der Waals surface area contributed by atoms with Crippen LogP contribution in [-0.4, -0.2) is 35.0 Å². The zero-order valence-electron chi connectivity index (χ0n) is 11.7. The Morgan fingerprint density at radius 1 is 1.29 bits per heavy atom. The number of likely N-dealkylation sites (tertiary alicyclic amines) is 1. The summed E-state index contributed by atoms with van der Waals surface area (Å²) in [5.41, 5.74) is 1.15. The van der Waals surface area contributed by atoms with E-state index in [4.69, 9.17) is 5.11 Å². The number of carbonyl (C=O) groups is 2. The molecular weight excluding hydrogens is 334 g/mol. The molecular formula is C16H18BrNO3. The number of carboxylic acids is 1. The number of hydrogen-bond acceptors (Lipinski definition) is 2. The minimum Gasteiger partial charge on any atom is -0.481 e. The van der Waals surface area contributed by atoms with Gasteiger partial charge in [-0.05, 0) is 36.3 Å². The van der Waals surface area contributed by atoms with Gasteiger partial charge in [0.1, 0.15) is 0 Å². The average molecular weight is 352 g/mol. The molecule has 0 spiro atoms. The molecule has 1 aliphatic heterocycles.